The third-order valence-electron chi connectivity index (χ3n) is 11.2. The zero-order valence-corrected chi connectivity index (χ0v) is 31.9. The minimum atomic E-state index is -4.66. The van der Waals surface area contributed by atoms with Gasteiger partial charge in [-0.25, -0.2) is 4.98 Å². The molecule has 13 heteroatoms. The van der Waals surface area contributed by atoms with Gasteiger partial charge >= 0.3 is 6.18 Å². The summed E-state index contributed by atoms with van der Waals surface area (Å²) in [5.41, 5.74) is 5.43. The molecular weight excluding hydrogens is 731 g/mol. The smallest absolute Gasteiger partial charge is 0.419 e. The van der Waals surface area contributed by atoms with E-state index in [1.807, 2.05) is 53.4 Å². The second-order valence-electron chi connectivity index (χ2n) is 14.7. The summed E-state index contributed by atoms with van der Waals surface area (Å²) in [7, 11) is 3.00. The number of carbonyl (C=O) groups excluding carboxylic acids is 2. The average molecular weight is 776 g/mol. The summed E-state index contributed by atoms with van der Waals surface area (Å²) in [5, 5.41) is 6.66. The van der Waals surface area contributed by atoms with Crippen molar-refractivity contribution in [3.8, 4) is 34.1 Å². The second kappa shape index (κ2) is 16.2. The van der Waals surface area contributed by atoms with Gasteiger partial charge in [0.1, 0.15) is 11.6 Å². The molecule has 0 radical (unpaired) electrons. The molecule has 2 fully saturated rings. The fourth-order valence-corrected chi connectivity index (χ4v) is 8.61. The number of methoxy groups -OCH3 is 2. The zero-order valence-electron chi connectivity index (χ0n) is 31.2. The zero-order chi connectivity index (χ0) is 38.9. The van der Waals surface area contributed by atoms with E-state index in [-0.39, 0.29) is 41.9 Å². The van der Waals surface area contributed by atoms with Gasteiger partial charge in [0.2, 0.25) is 17.7 Å². The third-order valence-corrected chi connectivity index (χ3v) is 11.6. The number of rotatable bonds is 13. The summed E-state index contributed by atoms with van der Waals surface area (Å²) in [6.45, 7) is 2.86. The quantitative estimate of drug-likeness (QED) is 0.139. The van der Waals surface area contributed by atoms with E-state index in [0.29, 0.717) is 60.9 Å². The van der Waals surface area contributed by atoms with E-state index < -0.39 is 17.8 Å². The number of ether oxygens (including phenoxy) is 2. The van der Waals surface area contributed by atoms with Crippen molar-refractivity contribution in [2.75, 3.05) is 32.6 Å². The molecule has 0 spiro atoms. The molecule has 2 aromatic carbocycles. The minimum Gasteiger partial charge on any atom is -0.481 e. The summed E-state index contributed by atoms with van der Waals surface area (Å²) in [6, 6.07) is 16.5. The molecule has 4 aromatic rings. The number of likely N-dealkylation sites (tertiary alicyclic amines) is 1. The lowest BCUT2D eigenvalue weighted by atomic mass is 9.94. The molecule has 1 aliphatic carbocycles. The lowest BCUT2D eigenvalue weighted by Gasteiger charge is -2.23. The molecular formula is C42H45ClF3N5O4. The minimum absolute atomic E-state index is 0.0845. The molecule has 0 unspecified atom stereocenters. The van der Waals surface area contributed by atoms with Crippen molar-refractivity contribution >= 4 is 29.1 Å². The number of nitrogens with zero attached hydrogens (tertiary/aromatic N) is 3. The molecule has 1 amide bonds. The number of aromatic nitrogens is 2. The van der Waals surface area contributed by atoms with Crippen LogP contribution in [0.2, 0.25) is 5.02 Å². The fourth-order valence-electron chi connectivity index (χ4n) is 8.28. The maximum absolute atomic E-state index is 14.6. The second-order valence-corrected chi connectivity index (χ2v) is 15.1. The van der Waals surface area contributed by atoms with Crippen LogP contribution < -0.4 is 20.1 Å². The van der Waals surface area contributed by atoms with E-state index in [0.717, 1.165) is 65.1 Å². The number of alkyl halides is 3. The van der Waals surface area contributed by atoms with Crippen LogP contribution >= 0.6 is 11.6 Å². The van der Waals surface area contributed by atoms with Crippen molar-refractivity contribution in [3.05, 3.63) is 87.4 Å². The van der Waals surface area contributed by atoms with Crippen LogP contribution in [0.1, 0.15) is 79.3 Å². The van der Waals surface area contributed by atoms with Gasteiger partial charge in [0.25, 0.3) is 0 Å². The highest BCUT2D eigenvalue weighted by molar-refractivity contribution is 6.36. The van der Waals surface area contributed by atoms with Crippen LogP contribution in [0.4, 0.5) is 19.0 Å². The van der Waals surface area contributed by atoms with E-state index in [2.05, 4.69) is 15.6 Å². The number of ketones is 1. The number of Topliss-reactive ketones (excluding diaryl/α,β-unsaturated/α-hetero) is 1. The first-order chi connectivity index (χ1) is 26.4. The molecule has 0 saturated carbocycles. The molecule has 290 valence electrons. The highest BCUT2D eigenvalue weighted by Crippen LogP contribution is 2.45. The lowest BCUT2D eigenvalue weighted by Crippen LogP contribution is -2.25. The molecule has 55 heavy (non-hydrogen) atoms. The highest BCUT2D eigenvalue weighted by Gasteiger charge is 2.38. The molecule has 2 saturated heterocycles. The Morgan fingerprint density at radius 3 is 2.42 bits per heavy atom. The summed E-state index contributed by atoms with van der Waals surface area (Å²) in [4.78, 5) is 34.6. The van der Waals surface area contributed by atoms with Crippen molar-refractivity contribution in [2.45, 2.75) is 83.1 Å². The SMILES string of the molecule is COc1nc(-c2cccc(-c3cccc4c3CC[C@@H]4Nc3nc(OC)c(CN4CC[C@H](C(C)=O)C4)cc3C(F)(F)F)c2Cl)ccc1CCC[C@@H]1CCC(=O)N1. The summed E-state index contributed by atoms with van der Waals surface area (Å²) in [6.07, 6.45) is 1.20. The maximum Gasteiger partial charge on any atom is 0.419 e. The summed E-state index contributed by atoms with van der Waals surface area (Å²) in [5.74, 6) is 0.444. The molecule has 9 nitrogen and oxygen atoms in total. The molecule has 7 rings (SSSR count). The van der Waals surface area contributed by atoms with E-state index in [4.69, 9.17) is 26.1 Å². The van der Waals surface area contributed by atoms with Gasteiger partial charge in [-0.15, -0.1) is 0 Å². The number of aryl methyl sites for hydroxylation is 1. The van der Waals surface area contributed by atoms with Crippen LogP contribution in [0.3, 0.4) is 0 Å². The van der Waals surface area contributed by atoms with Gasteiger partial charge in [-0.3, -0.25) is 14.5 Å². The van der Waals surface area contributed by atoms with Crippen LogP contribution in [0.15, 0.2) is 54.6 Å². The number of pyridine rings is 2. The van der Waals surface area contributed by atoms with Crippen LogP contribution in [0.25, 0.3) is 22.4 Å². The lowest BCUT2D eigenvalue weighted by molar-refractivity contribution is -0.137. The van der Waals surface area contributed by atoms with Gasteiger partial charge in [0, 0.05) is 53.7 Å². The number of fused-ring (bicyclic) bond motifs is 1. The topological polar surface area (TPSA) is 106 Å². The number of hydrogen-bond donors (Lipinski definition) is 2. The van der Waals surface area contributed by atoms with Gasteiger partial charge in [0.15, 0.2) is 0 Å². The van der Waals surface area contributed by atoms with Crippen molar-refractivity contribution in [2.24, 2.45) is 5.92 Å². The summed E-state index contributed by atoms with van der Waals surface area (Å²) >= 11 is 7.15. The van der Waals surface area contributed by atoms with Crippen LogP contribution in [0.5, 0.6) is 11.8 Å². The van der Waals surface area contributed by atoms with Crippen molar-refractivity contribution in [1.29, 1.82) is 0 Å². The number of carbonyl (C=O) groups is 2. The molecule has 0 bridgehead atoms. The summed E-state index contributed by atoms with van der Waals surface area (Å²) < 4.78 is 55.0. The normalized spacial score (nSPS) is 19.7. The van der Waals surface area contributed by atoms with E-state index in [9.17, 15) is 22.8 Å². The number of amides is 1. The maximum atomic E-state index is 14.6. The van der Waals surface area contributed by atoms with Crippen molar-refractivity contribution in [1.82, 2.24) is 20.2 Å². The Balaban J connectivity index is 1.12. The predicted molar refractivity (Wildman–Crippen MR) is 205 cm³/mol. The number of halogens is 4. The first-order valence-corrected chi connectivity index (χ1v) is 19.2. The van der Waals surface area contributed by atoms with Gasteiger partial charge in [-0.05, 0) is 87.2 Å². The van der Waals surface area contributed by atoms with Gasteiger partial charge < -0.3 is 20.1 Å². The monoisotopic (exact) mass is 775 g/mol. The van der Waals surface area contributed by atoms with E-state index in [1.165, 1.54) is 7.11 Å². The first kappa shape index (κ1) is 38.6. The number of hydrogen-bond acceptors (Lipinski definition) is 8. The van der Waals surface area contributed by atoms with E-state index >= 15 is 0 Å². The Bertz CT molecular complexity index is 2090. The first-order valence-electron chi connectivity index (χ1n) is 18.8. The van der Waals surface area contributed by atoms with Crippen molar-refractivity contribution in [3.63, 3.8) is 0 Å². The molecule has 2 aliphatic heterocycles. The molecule has 4 heterocycles. The fraction of sp³-hybridized carbons (Fsp3) is 0.429. The average Bonchev–Trinajstić information content (AvgIpc) is 3.92. The Labute approximate surface area is 324 Å². The molecule has 3 aliphatic rings. The highest BCUT2D eigenvalue weighted by atomic mass is 35.5. The van der Waals surface area contributed by atoms with Gasteiger partial charge in [-0.1, -0.05) is 54.1 Å². The third kappa shape index (κ3) is 8.30. The van der Waals surface area contributed by atoms with Gasteiger partial charge in [0.05, 0.1) is 36.5 Å². The van der Waals surface area contributed by atoms with Crippen molar-refractivity contribution < 1.29 is 32.2 Å². The predicted octanol–water partition coefficient (Wildman–Crippen LogP) is 8.61. The van der Waals surface area contributed by atoms with Crippen LogP contribution in [-0.4, -0.2) is 59.9 Å². The Morgan fingerprint density at radius 1 is 0.964 bits per heavy atom. The Morgan fingerprint density at radius 2 is 1.71 bits per heavy atom. The van der Waals surface area contributed by atoms with Gasteiger partial charge in [-0.2, -0.15) is 18.2 Å². The molecule has 2 N–H and O–H groups in total. The van der Waals surface area contributed by atoms with Crippen LogP contribution in [-0.2, 0) is 35.2 Å². The van der Waals surface area contributed by atoms with Crippen LogP contribution in [0, 0.1) is 5.92 Å². The standard InChI is InChI=1S/C42H45ClF3N5O4/c1-24(52)26-19-20-51(22-26)23-27-21-34(42(44,45)46)39(50-41(27)55-3)48-35-17-15-30-29(9-5-10-31(30)35)32-11-6-12-33(38(32)43)36-16-13-25(40(49-36)54-2)7-4-8-28-14-18-37(53)47-28/h5-6,9-13,16,21,26,28,35H,4,7-8,14-15,17-20,22-23H2,1-3H3,(H,47,53)(H,48,50)/t26-,28+,35-/m0/s1. The number of benzene rings is 2. The molecule has 3 atom stereocenters. The van der Waals surface area contributed by atoms with E-state index in [1.54, 1.807) is 14.0 Å². The number of nitrogens with one attached hydrogen (secondary N) is 2. The Kier molecular flexibility index (Phi) is 11.4. The molecule has 2 aromatic heterocycles. The number of anilines is 1. The largest absolute Gasteiger partial charge is 0.481 e. The Hall–Kier alpha value is -4.68.